The third kappa shape index (κ3) is 2.81. The molecule has 0 saturated carbocycles. The summed E-state index contributed by atoms with van der Waals surface area (Å²) in [6.45, 7) is 1.44. The molecule has 0 aliphatic rings. The quantitative estimate of drug-likeness (QED) is 0.841. The van der Waals surface area contributed by atoms with Crippen molar-refractivity contribution in [1.82, 2.24) is 0 Å². The van der Waals surface area contributed by atoms with Crippen molar-refractivity contribution in [3.63, 3.8) is 0 Å². The lowest BCUT2D eigenvalue weighted by molar-refractivity contribution is 0.101. The largest absolute Gasteiger partial charge is 0.506 e. The zero-order chi connectivity index (χ0) is 13.1. The normalized spacial score (nSPS) is 11.0. The van der Waals surface area contributed by atoms with Crippen LogP contribution >= 0.6 is 22.9 Å². The molecule has 0 fully saturated rings. The van der Waals surface area contributed by atoms with Crippen LogP contribution in [-0.2, 0) is 0 Å². The van der Waals surface area contributed by atoms with Gasteiger partial charge in [0.1, 0.15) is 5.75 Å². The molecule has 0 atom stereocenters. The fourth-order valence-electron chi connectivity index (χ4n) is 1.48. The number of carbonyl (C=O) groups excluding carboxylic acids is 1. The fourth-order valence-corrected chi connectivity index (χ4v) is 2.50. The number of thiophene rings is 1. The van der Waals surface area contributed by atoms with Crippen LogP contribution in [0.1, 0.15) is 27.7 Å². The molecular weight excluding hydrogens is 268 g/mol. The van der Waals surface area contributed by atoms with Crippen LogP contribution in [0.4, 0.5) is 0 Å². The van der Waals surface area contributed by atoms with Crippen molar-refractivity contribution in [2.24, 2.45) is 0 Å². The van der Waals surface area contributed by atoms with Crippen molar-refractivity contribution in [3.05, 3.63) is 50.7 Å². The van der Waals surface area contributed by atoms with Gasteiger partial charge in [0, 0.05) is 10.4 Å². The Kier molecular flexibility index (Phi) is 3.84. The van der Waals surface area contributed by atoms with E-state index < -0.39 is 0 Å². The molecule has 0 amide bonds. The van der Waals surface area contributed by atoms with Crippen LogP contribution in [0, 0.1) is 0 Å². The molecular formula is C14H11ClO2S. The van der Waals surface area contributed by atoms with Gasteiger partial charge >= 0.3 is 0 Å². The van der Waals surface area contributed by atoms with Gasteiger partial charge in [-0.25, -0.2) is 0 Å². The van der Waals surface area contributed by atoms with E-state index in [1.807, 2.05) is 18.2 Å². The molecule has 92 valence electrons. The van der Waals surface area contributed by atoms with Crippen molar-refractivity contribution in [2.45, 2.75) is 6.92 Å². The molecule has 1 heterocycles. The molecule has 1 aromatic heterocycles. The zero-order valence-electron chi connectivity index (χ0n) is 9.68. The highest BCUT2D eigenvalue weighted by molar-refractivity contribution is 7.11. The van der Waals surface area contributed by atoms with E-state index in [1.165, 1.54) is 18.3 Å². The van der Waals surface area contributed by atoms with E-state index in [1.54, 1.807) is 23.6 Å². The van der Waals surface area contributed by atoms with Gasteiger partial charge in [0.25, 0.3) is 0 Å². The van der Waals surface area contributed by atoms with E-state index in [4.69, 9.17) is 11.6 Å². The highest BCUT2D eigenvalue weighted by atomic mass is 35.5. The maximum atomic E-state index is 11.2. The van der Waals surface area contributed by atoms with Crippen LogP contribution < -0.4 is 0 Å². The summed E-state index contributed by atoms with van der Waals surface area (Å²) in [5.41, 5.74) is 1.35. The maximum absolute atomic E-state index is 11.2. The van der Waals surface area contributed by atoms with E-state index in [0.717, 1.165) is 5.56 Å². The second kappa shape index (κ2) is 5.38. The van der Waals surface area contributed by atoms with Gasteiger partial charge in [-0.1, -0.05) is 29.8 Å². The highest BCUT2D eigenvalue weighted by Crippen LogP contribution is 2.31. The number of hydrogen-bond acceptors (Lipinski definition) is 3. The van der Waals surface area contributed by atoms with Crippen molar-refractivity contribution in [3.8, 4) is 5.75 Å². The molecule has 0 aliphatic carbocycles. The van der Waals surface area contributed by atoms with Gasteiger partial charge in [0.05, 0.1) is 10.4 Å². The van der Waals surface area contributed by atoms with Gasteiger partial charge in [-0.05, 0) is 30.7 Å². The number of rotatable bonds is 3. The van der Waals surface area contributed by atoms with Gasteiger partial charge < -0.3 is 5.11 Å². The Morgan fingerprint density at radius 1 is 1.28 bits per heavy atom. The first-order valence-electron chi connectivity index (χ1n) is 5.33. The number of carbonyl (C=O) groups is 1. The van der Waals surface area contributed by atoms with Gasteiger partial charge in [0.2, 0.25) is 0 Å². The minimum atomic E-state index is -0.130. The van der Waals surface area contributed by atoms with Gasteiger partial charge in [0.15, 0.2) is 5.78 Å². The lowest BCUT2D eigenvalue weighted by Crippen LogP contribution is -1.87. The van der Waals surface area contributed by atoms with Crippen LogP contribution in [0.2, 0.25) is 5.02 Å². The van der Waals surface area contributed by atoms with Gasteiger partial charge in [-0.3, -0.25) is 4.79 Å². The minimum absolute atomic E-state index is 0.0534. The number of Topliss-reactive ketones (excluding diaryl/α,β-unsaturated/α-hetero) is 1. The number of aromatic hydroxyl groups is 1. The monoisotopic (exact) mass is 278 g/mol. The second-order valence-corrected chi connectivity index (χ2v) is 5.15. The predicted octanol–water partition coefficient (Wildman–Crippen LogP) is 4.48. The first-order chi connectivity index (χ1) is 8.58. The summed E-state index contributed by atoms with van der Waals surface area (Å²) < 4.78 is 0. The third-order valence-electron chi connectivity index (χ3n) is 2.47. The van der Waals surface area contributed by atoms with E-state index in [2.05, 4.69) is 0 Å². The van der Waals surface area contributed by atoms with E-state index in [0.29, 0.717) is 15.5 Å². The minimum Gasteiger partial charge on any atom is -0.506 e. The lowest BCUT2D eigenvalue weighted by atomic mass is 10.2. The Bertz CT molecular complexity index is 597. The van der Waals surface area contributed by atoms with E-state index >= 15 is 0 Å². The Balaban J connectivity index is 2.24. The molecule has 1 N–H and O–H groups in total. The Labute approximate surface area is 114 Å². The molecule has 0 radical (unpaired) electrons. The maximum Gasteiger partial charge on any atom is 0.164 e. The fraction of sp³-hybridized carbons (Fsp3) is 0.0714. The molecule has 0 aliphatic heterocycles. The average Bonchev–Trinajstić information content (AvgIpc) is 2.70. The van der Waals surface area contributed by atoms with Gasteiger partial charge in [-0.15, -0.1) is 11.3 Å². The van der Waals surface area contributed by atoms with E-state index in [-0.39, 0.29) is 11.5 Å². The van der Waals surface area contributed by atoms with Crippen molar-refractivity contribution < 1.29 is 9.90 Å². The SMILES string of the molecule is CC(=O)c1csc(/C=C/c2ccc(Cl)cc2)c1O. The Morgan fingerprint density at radius 2 is 1.94 bits per heavy atom. The molecule has 0 bridgehead atoms. The molecule has 0 spiro atoms. The Hall–Kier alpha value is -1.58. The summed E-state index contributed by atoms with van der Waals surface area (Å²) in [7, 11) is 0. The number of halogens is 1. The smallest absolute Gasteiger partial charge is 0.164 e. The lowest BCUT2D eigenvalue weighted by Gasteiger charge is -1.95. The van der Waals surface area contributed by atoms with E-state index in [9.17, 15) is 9.90 Å². The van der Waals surface area contributed by atoms with Crippen LogP contribution in [0.3, 0.4) is 0 Å². The van der Waals surface area contributed by atoms with Crippen molar-refractivity contribution >= 4 is 40.9 Å². The van der Waals surface area contributed by atoms with Crippen molar-refractivity contribution in [1.29, 1.82) is 0 Å². The predicted molar refractivity (Wildman–Crippen MR) is 76.4 cm³/mol. The van der Waals surface area contributed by atoms with Crippen LogP contribution in [0.5, 0.6) is 5.75 Å². The number of ketones is 1. The molecule has 2 rings (SSSR count). The highest BCUT2D eigenvalue weighted by Gasteiger charge is 2.11. The molecule has 1 aromatic carbocycles. The zero-order valence-corrected chi connectivity index (χ0v) is 11.3. The molecule has 0 unspecified atom stereocenters. The van der Waals surface area contributed by atoms with Crippen LogP contribution in [0.25, 0.3) is 12.2 Å². The standard InChI is InChI=1S/C14H11ClO2S/c1-9(16)12-8-18-13(14(12)17)7-4-10-2-5-11(15)6-3-10/h2-8,17H,1H3/b7-4+. The second-order valence-electron chi connectivity index (χ2n) is 3.80. The average molecular weight is 279 g/mol. The van der Waals surface area contributed by atoms with Crippen molar-refractivity contribution in [2.75, 3.05) is 0 Å². The first kappa shape index (κ1) is 12.9. The Morgan fingerprint density at radius 3 is 2.50 bits per heavy atom. The first-order valence-corrected chi connectivity index (χ1v) is 6.58. The summed E-state index contributed by atoms with van der Waals surface area (Å²) in [6, 6.07) is 7.37. The summed E-state index contributed by atoms with van der Waals surface area (Å²) >= 11 is 7.14. The number of hydrogen-bond donors (Lipinski definition) is 1. The molecule has 2 nitrogen and oxygen atoms in total. The molecule has 18 heavy (non-hydrogen) atoms. The topological polar surface area (TPSA) is 37.3 Å². The third-order valence-corrected chi connectivity index (χ3v) is 3.66. The summed E-state index contributed by atoms with van der Waals surface area (Å²) in [5, 5.41) is 12.2. The summed E-state index contributed by atoms with van der Waals surface area (Å²) in [5.74, 6) is -0.0763. The molecule has 2 aromatic rings. The molecule has 4 heteroatoms. The van der Waals surface area contributed by atoms with Crippen LogP contribution in [-0.4, -0.2) is 10.9 Å². The summed E-state index contributed by atoms with van der Waals surface area (Å²) in [6.07, 6.45) is 3.65. The van der Waals surface area contributed by atoms with Gasteiger partial charge in [-0.2, -0.15) is 0 Å². The number of benzene rings is 1. The van der Waals surface area contributed by atoms with Crippen LogP contribution in [0.15, 0.2) is 29.6 Å². The molecule has 0 saturated heterocycles. The summed E-state index contributed by atoms with van der Waals surface area (Å²) in [4.78, 5) is 11.9.